The highest BCUT2D eigenvalue weighted by Crippen LogP contribution is 2.27. The van der Waals surface area contributed by atoms with Crippen molar-refractivity contribution in [2.45, 2.75) is 44.9 Å². The Morgan fingerprint density at radius 1 is 1.16 bits per heavy atom. The summed E-state index contributed by atoms with van der Waals surface area (Å²) in [6.45, 7) is 0. The number of amides is 1. The minimum atomic E-state index is 0.178. The average molecular weight is 261 g/mol. The molecule has 3 heteroatoms. The summed E-state index contributed by atoms with van der Waals surface area (Å²) in [5, 5.41) is 9.27. The smallest absolute Gasteiger partial charge is 0.226 e. The van der Waals surface area contributed by atoms with Gasteiger partial charge >= 0.3 is 0 Å². The summed E-state index contributed by atoms with van der Waals surface area (Å²) < 4.78 is 0. The van der Waals surface area contributed by atoms with E-state index in [4.69, 9.17) is 0 Å². The highest BCUT2D eigenvalue weighted by molar-refractivity contribution is 5.92. The molecule has 104 valence electrons. The topological polar surface area (TPSA) is 40.5 Å². The Kier molecular flexibility index (Phi) is 4.83. The summed E-state index contributed by atoms with van der Waals surface area (Å²) in [7, 11) is 1.81. The molecule has 3 nitrogen and oxygen atoms in total. The summed E-state index contributed by atoms with van der Waals surface area (Å²) in [5.41, 5.74) is 0.844. The number of phenolic OH excluding ortho intramolecular Hbond substituents is 1. The maximum absolute atomic E-state index is 12.3. The van der Waals surface area contributed by atoms with Gasteiger partial charge in [0.2, 0.25) is 5.91 Å². The predicted octanol–water partition coefficient (Wildman–Crippen LogP) is 3.72. The van der Waals surface area contributed by atoms with Gasteiger partial charge in [0.15, 0.2) is 0 Å². The molecule has 0 radical (unpaired) electrons. The zero-order valence-electron chi connectivity index (χ0n) is 11.6. The van der Waals surface area contributed by atoms with Crippen LogP contribution in [-0.4, -0.2) is 18.1 Å². The SMILES string of the molecule is CN(C(=O)CC1CCCCCC1)c1ccc(O)cc1. The van der Waals surface area contributed by atoms with E-state index in [1.807, 2.05) is 7.05 Å². The molecule has 0 saturated heterocycles. The van der Waals surface area contributed by atoms with E-state index in [1.165, 1.54) is 38.5 Å². The van der Waals surface area contributed by atoms with Crippen molar-refractivity contribution in [2.24, 2.45) is 5.92 Å². The fourth-order valence-electron chi connectivity index (χ4n) is 2.77. The largest absolute Gasteiger partial charge is 0.508 e. The monoisotopic (exact) mass is 261 g/mol. The van der Waals surface area contributed by atoms with Gasteiger partial charge in [0.25, 0.3) is 0 Å². The number of aromatic hydroxyl groups is 1. The highest BCUT2D eigenvalue weighted by atomic mass is 16.3. The van der Waals surface area contributed by atoms with E-state index in [-0.39, 0.29) is 11.7 Å². The molecule has 0 spiro atoms. The van der Waals surface area contributed by atoms with Crippen molar-refractivity contribution >= 4 is 11.6 Å². The molecule has 1 N–H and O–H groups in total. The number of nitrogens with zero attached hydrogens (tertiary/aromatic N) is 1. The maximum atomic E-state index is 12.3. The van der Waals surface area contributed by atoms with E-state index in [2.05, 4.69) is 0 Å². The van der Waals surface area contributed by atoms with Gasteiger partial charge in [-0.15, -0.1) is 0 Å². The molecule has 1 saturated carbocycles. The third-order valence-corrected chi connectivity index (χ3v) is 4.05. The molecule has 1 amide bonds. The van der Waals surface area contributed by atoms with Crippen LogP contribution in [0.1, 0.15) is 44.9 Å². The van der Waals surface area contributed by atoms with Crippen LogP contribution in [0.4, 0.5) is 5.69 Å². The molecule has 0 aliphatic heterocycles. The molecule has 0 atom stereocenters. The molecular formula is C16H23NO2. The normalized spacial score (nSPS) is 16.9. The van der Waals surface area contributed by atoms with E-state index < -0.39 is 0 Å². The molecular weight excluding hydrogens is 238 g/mol. The number of phenols is 1. The number of anilines is 1. The molecule has 1 fully saturated rings. The van der Waals surface area contributed by atoms with Gasteiger partial charge < -0.3 is 10.0 Å². The van der Waals surface area contributed by atoms with Crippen molar-refractivity contribution in [3.05, 3.63) is 24.3 Å². The Bertz CT molecular complexity index is 405. The van der Waals surface area contributed by atoms with Gasteiger partial charge in [0.05, 0.1) is 0 Å². The number of carbonyl (C=O) groups is 1. The van der Waals surface area contributed by atoms with Gasteiger partial charge in [-0.05, 0) is 43.0 Å². The Morgan fingerprint density at radius 3 is 2.32 bits per heavy atom. The van der Waals surface area contributed by atoms with Crippen LogP contribution in [0, 0.1) is 5.92 Å². The van der Waals surface area contributed by atoms with E-state index in [0.717, 1.165) is 5.69 Å². The quantitative estimate of drug-likeness (QED) is 0.842. The van der Waals surface area contributed by atoms with E-state index in [0.29, 0.717) is 12.3 Å². The van der Waals surface area contributed by atoms with Crippen molar-refractivity contribution in [1.82, 2.24) is 0 Å². The van der Waals surface area contributed by atoms with Gasteiger partial charge in [0, 0.05) is 19.2 Å². The summed E-state index contributed by atoms with van der Waals surface area (Å²) in [6.07, 6.45) is 8.19. The highest BCUT2D eigenvalue weighted by Gasteiger charge is 2.19. The van der Waals surface area contributed by atoms with Crippen molar-refractivity contribution in [2.75, 3.05) is 11.9 Å². The van der Waals surface area contributed by atoms with E-state index in [1.54, 1.807) is 29.2 Å². The molecule has 0 unspecified atom stereocenters. The molecule has 1 aromatic rings. The number of carbonyl (C=O) groups excluding carboxylic acids is 1. The molecule has 0 aromatic heterocycles. The lowest BCUT2D eigenvalue weighted by atomic mass is 9.96. The number of benzene rings is 1. The maximum Gasteiger partial charge on any atom is 0.226 e. The van der Waals surface area contributed by atoms with Crippen LogP contribution in [0.3, 0.4) is 0 Å². The first-order valence-electron chi connectivity index (χ1n) is 7.22. The second-order valence-corrected chi connectivity index (χ2v) is 5.53. The van der Waals surface area contributed by atoms with E-state index in [9.17, 15) is 9.90 Å². The third kappa shape index (κ3) is 3.98. The van der Waals surface area contributed by atoms with E-state index >= 15 is 0 Å². The van der Waals surface area contributed by atoms with Gasteiger partial charge in [-0.3, -0.25) is 4.79 Å². The van der Waals surface area contributed by atoms with Gasteiger partial charge in [-0.1, -0.05) is 25.7 Å². The first kappa shape index (κ1) is 13.9. The second-order valence-electron chi connectivity index (χ2n) is 5.53. The summed E-state index contributed by atoms with van der Waals surface area (Å²) in [4.78, 5) is 14.0. The Hall–Kier alpha value is -1.51. The molecule has 1 aromatic carbocycles. The first-order valence-corrected chi connectivity index (χ1v) is 7.22. The number of hydrogen-bond acceptors (Lipinski definition) is 2. The fraction of sp³-hybridized carbons (Fsp3) is 0.562. The average Bonchev–Trinajstić information content (AvgIpc) is 2.67. The predicted molar refractivity (Wildman–Crippen MR) is 77.3 cm³/mol. The standard InChI is InChI=1S/C16H23NO2/c1-17(14-8-10-15(18)11-9-14)16(19)12-13-6-4-2-3-5-7-13/h8-11,13,18H,2-7,12H2,1H3. The third-order valence-electron chi connectivity index (χ3n) is 4.05. The van der Waals surface area contributed by atoms with Crippen LogP contribution in [0.15, 0.2) is 24.3 Å². The van der Waals surface area contributed by atoms with Gasteiger partial charge in [0.1, 0.15) is 5.75 Å². The number of hydrogen-bond donors (Lipinski definition) is 1. The van der Waals surface area contributed by atoms with Gasteiger partial charge in [-0.2, -0.15) is 0 Å². The first-order chi connectivity index (χ1) is 9.16. The molecule has 1 aliphatic carbocycles. The van der Waals surface area contributed by atoms with Crippen molar-refractivity contribution in [3.63, 3.8) is 0 Å². The van der Waals surface area contributed by atoms with Crippen LogP contribution < -0.4 is 4.90 Å². The van der Waals surface area contributed by atoms with Crippen LogP contribution in [0.5, 0.6) is 5.75 Å². The molecule has 0 bridgehead atoms. The molecule has 19 heavy (non-hydrogen) atoms. The Morgan fingerprint density at radius 2 is 1.74 bits per heavy atom. The summed E-state index contributed by atoms with van der Waals surface area (Å²) in [6, 6.07) is 6.79. The van der Waals surface area contributed by atoms with Crippen LogP contribution in [0.25, 0.3) is 0 Å². The summed E-state index contributed by atoms with van der Waals surface area (Å²) >= 11 is 0. The van der Waals surface area contributed by atoms with Crippen molar-refractivity contribution in [1.29, 1.82) is 0 Å². The van der Waals surface area contributed by atoms with Gasteiger partial charge in [-0.25, -0.2) is 0 Å². The lowest BCUT2D eigenvalue weighted by molar-refractivity contribution is -0.119. The molecule has 1 aliphatic rings. The molecule has 0 heterocycles. The van der Waals surface area contributed by atoms with Crippen LogP contribution in [-0.2, 0) is 4.79 Å². The fourth-order valence-corrected chi connectivity index (χ4v) is 2.77. The zero-order valence-corrected chi connectivity index (χ0v) is 11.6. The Labute approximate surface area is 115 Å². The minimum absolute atomic E-state index is 0.178. The molecule has 2 rings (SSSR count). The van der Waals surface area contributed by atoms with Crippen molar-refractivity contribution in [3.8, 4) is 5.75 Å². The summed E-state index contributed by atoms with van der Waals surface area (Å²) in [5.74, 6) is 0.959. The number of rotatable bonds is 3. The lowest BCUT2D eigenvalue weighted by Crippen LogP contribution is -2.28. The van der Waals surface area contributed by atoms with Crippen molar-refractivity contribution < 1.29 is 9.90 Å². The second kappa shape index (κ2) is 6.60. The zero-order chi connectivity index (χ0) is 13.7. The van der Waals surface area contributed by atoms with Crippen LogP contribution >= 0.6 is 0 Å². The van der Waals surface area contributed by atoms with Crippen LogP contribution in [0.2, 0.25) is 0 Å². The Balaban J connectivity index is 1.93. The lowest BCUT2D eigenvalue weighted by Gasteiger charge is -2.21. The minimum Gasteiger partial charge on any atom is -0.508 e.